The molecule has 2 aliphatic heterocycles. The van der Waals surface area contributed by atoms with Gasteiger partial charge in [0.05, 0.1) is 35.0 Å². The molecule has 1 saturated heterocycles. The van der Waals surface area contributed by atoms with Crippen molar-refractivity contribution in [3.8, 4) is 0 Å². The Morgan fingerprint density at radius 2 is 2.13 bits per heavy atom. The van der Waals surface area contributed by atoms with Gasteiger partial charge < -0.3 is 4.90 Å². The minimum atomic E-state index is -3.24. The highest BCUT2D eigenvalue weighted by Gasteiger charge is 2.47. The van der Waals surface area contributed by atoms with E-state index in [-0.39, 0.29) is 28.7 Å². The first-order valence-corrected chi connectivity index (χ1v) is 9.72. The molecule has 0 saturated carbocycles. The van der Waals surface area contributed by atoms with Crippen molar-refractivity contribution < 1.29 is 22.0 Å². The Morgan fingerprint density at radius 1 is 1.39 bits per heavy atom. The molecule has 9 heteroatoms. The second-order valence-electron chi connectivity index (χ2n) is 5.58. The molecule has 2 atom stereocenters. The van der Waals surface area contributed by atoms with E-state index >= 15 is 0 Å². The van der Waals surface area contributed by atoms with Gasteiger partial charge in [0.1, 0.15) is 17.4 Å². The maximum absolute atomic E-state index is 14.2. The first-order valence-electron chi connectivity index (χ1n) is 6.91. The molecule has 0 spiro atoms. The highest BCUT2D eigenvalue weighted by atomic mass is 32.2. The summed E-state index contributed by atoms with van der Waals surface area (Å²) in [6, 6.07) is 2.12. The fourth-order valence-corrected chi connectivity index (χ4v) is 5.52. The monoisotopic (exact) mass is 360 g/mol. The first kappa shape index (κ1) is 16.4. The number of sulfone groups is 1. The van der Waals surface area contributed by atoms with Crippen molar-refractivity contribution in [2.24, 2.45) is 4.99 Å². The van der Waals surface area contributed by atoms with Crippen molar-refractivity contribution in [3.05, 3.63) is 29.8 Å². The van der Waals surface area contributed by atoms with Crippen LogP contribution >= 0.6 is 11.8 Å². The van der Waals surface area contributed by atoms with Crippen LogP contribution in [0.2, 0.25) is 0 Å². The minimum Gasteiger partial charge on any atom is -0.312 e. The molecule has 1 fully saturated rings. The van der Waals surface area contributed by atoms with E-state index in [1.54, 1.807) is 0 Å². The summed E-state index contributed by atoms with van der Waals surface area (Å²) in [4.78, 5) is 17.0. The molecular weight excluding hydrogens is 346 g/mol. The number of halogens is 2. The van der Waals surface area contributed by atoms with Crippen molar-refractivity contribution >= 4 is 38.2 Å². The molecule has 0 aromatic heterocycles. The van der Waals surface area contributed by atoms with Crippen LogP contribution < -0.4 is 4.90 Å². The molecule has 23 heavy (non-hydrogen) atoms. The van der Waals surface area contributed by atoms with Crippen LogP contribution in [0.1, 0.15) is 6.92 Å². The summed E-state index contributed by atoms with van der Waals surface area (Å²) >= 11 is 1.14. The minimum absolute atomic E-state index is 0.0677. The average Bonchev–Trinajstić information content (AvgIpc) is 2.88. The summed E-state index contributed by atoms with van der Waals surface area (Å²) in [6.07, 6.45) is 0. The van der Waals surface area contributed by atoms with Crippen LogP contribution in [0, 0.1) is 11.6 Å². The van der Waals surface area contributed by atoms with Crippen molar-refractivity contribution in [2.45, 2.75) is 19.0 Å². The fourth-order valence-electron chi connectivity index (χ4n) is 2.76. The first-order chi connectivity index (χ1) is 10.8. The molecule has 3 rings (SSSR count). The van der Waals surface area contributed by atoms with E-state index in [2.05, 4.69) is 4.99 Å². The maximum Gasteiger partial charge on any atom is 0.164 e. The number of Topliss-reactive ketones (excluding diaryl/α,β-unsaturated/α-hetero) is 1. The number of fused-ring (bicyclic) bond motifs is 1. The van der Waals surface area contributed by atoms with Gasteiger partial charge in [0, 0.05) is 6.07 Å². The van der Waals surface area contributed by atoms with E-state index in [0.29, 0.717) is 5.17 Å². The molecule has 0 aliphatic carbocycles. The van der Waals surface area contributed by atoms with E-state index < -0.39 is 33.6 Å². The van der Waals surface area contributed by atoms with Crippen molar-refractivity contribution in [3.63, 3.8) is 0 Å². The van der Waals surface area contributed by atoms with Crippen LogP contribution in [0.15, 0.2) is 23.2 Å². The molecule has 5 nitrogen and oxygen atoms in total. The normalized spacial score (nSPS) is 25.3. The predicted octanol–water partition coefficient (Wildman–Crippen LogP) is 1.63. The number of thioether (sulfide) groups is 1. The zero-order valence-corrected chi connectivity index (χ0v) is 13.8. The lowest BCUT2D eigenvalue weighted by molar-refractivity contribution is -0.114. The molecule has 2 aliphatic rings. The molecule has 0 amide bonds. The number of hydrogen-bond donors (Lipinski definition) is 0. The fraction of sp³-hybridized carbons (Fsp3) is 0.429. The Labute approximate surface area is 136 Å². The summed E-state index contributed by atoms with van der Waals surface area (Å²) in [7, 11) is -3.24. The lowest BCUT2D eigenvalue weighted by Crippen LogP contribution is -2.39. The van der Waals surface area contributed by atoms with Gasteiger partial charge >= 0.3 is 0 Å². The molecule has 0 radical (unpaired) electrons. The van der Waals surface area contributed by atoms with Crippen LogP contribution in [-0.4, -0.2) is 48.7 Å². The molecular formula is C14H14F2N2O3S2. The van der Waals surface area contributed by atoms with Gasteiger partial charge in [-0.1, -0.05) is 11.8 Å². The Morgan fingerprint density at radius 3 is 2.78 bits per heavy atom. The Balaban J connectivity index is 1.98. The standard InChI is InChI=1S/C14H14F2N2O3S2/c1-8(19)5-22-14-17-11-6-23(20,21)7-13(11)18(14)12-3-2-9(15)4-10(12)16/h2-4,11,13H,5-7H2,1H3/t11-,13-/m1/s1. The topological polar surface area (TPSA) is 66.8 Å². The third-order valence-electron chi connectivity index (χ3n) is 3.68. The molecule has 1 aromatic rings. The highest BCUT2D eigenvalue weighted by Crippen LogP contribution is 2.36. The van der Waals surface area contributed by atoms with Crippen LogP contribution in [0.4, 0.5) is 14.5 Å². The average molecular weight is 360 g/mol. The Hall–Kier alpha value is -1.48. The predicted molar refractivity (Wildman–Crippen MR) is 85.6 cm³/mol. The van der Waals surface area contributed by atoms with Gasteiger partial charge in [0.2, 0.25) is 0 Å². The zero-order valence-electron chi connectivity index (χ0n) is 12.2. The number of amidine groups is 1. The van der Waals surface area contributed by atoms with E-state index in [0.717, 1.165) is 23.9 Å². The number of hydrogen-bond acceptors (Lipinski definition) is 6. The maximum atomic E-state index is 14.2. The summed E-state index contributed by atoms with van der Waals surface area (Å²) < 4.78 is 50.9. The van der Waals surface area contributed by atoms with E-state index in [9.17, 15) is 22.0 Å². The number of nitrogens with zero attached hydrogens (tertiary/aromatic N) is 2. The highest BCUT2D eigenvalue weighted by molar-refractivity contribution is 8.14. The SMILES string of the molecule is CC(=O)CSC1=N[C@@H]2CS(=O)(=O)C[C@H]2N1c1ccc(F)cc1F. The van der Waals surface area contributed by atoms with Crippen LogP contribution in [0.25, 0.3) is 0 Å². The van der Waals surface area contributed by atoms with Gasteiger partial charge in [-0.15, -0.1) is 0 Å². The number of rotatable bonds is 3. The molecule has 0 unspecified atom stereocenters. The van der Waals surface area contributed by atoms with Crippen LogP contribution in [0.3, 0.4) is 0 Å². The second kappa shape index (κ2) is 5.86. The van der Waals surface area contributed by atoms with E-state index in [1.165, 1.54) is 17.9 Å². The molecule has 2 heterocycles. The number of benzene rings is 1. The zero-order chi connectivity index (χ0) is 16.8. The second-order valence-corrected chi connectivity index (χ2v) is 8.68. The van der Waals surface area contributed by atoms with Gasteiger partial charge in [0.25, 0.3) is 0 Å². The number of ketones is 1. The third-order valence-corrected chi connectivity index (χ3v) is 6.49. The van der Waals surface area contributed by atoms with Gasteiger partial charge in [-0.2, -0.15) is 0 Å². The lowest BCUT2D eigenvalue weighted by Gasteiger charge is -2.26. The van der Waals surface area contributed by atoms with Gasteiger partial charge in [0.15, 0.2) is 15.0 Å². The molecule has 1 aromatic carbocycles. The Bertz CT molecular complexity index is 795. The summed E-state index contributed by atoms with van der Waals surface area (Å²) in [5.74, 6) is -1.64. The van der Waals surface area contributed by atoms with E-state index in [4.69, 9.17) is 0 Å². The van der Waals surface area contributed by atoms with E-state index in [1.807, 2.05) is 0 Å². The number of carbonyl (C=O) groups excluding carboxylic acids is 1. The quantitative estimate of drug-likeness (QED) is 0.820. The Kier molecular flexibility index (Phi) is 4.18. The largest absolute Gasteiger partial charge is 0.312 e. The lowest BCUT2D eigenvalue weighted by atomic mass is 10.1. The van der Waals surface area contributed by atoms with Crippen LogP contribution in [0.5, 0.6) is 0 Å². The van der Waals surface area contributed by atoms with Crippen molar-refractivity contribution in [2.75, 3.05) is 22.2 Å². The molecule has 124 valence electrons. The van der Waals surface area contributed by atoms with Gasteiger partial charge in [-0.05, 0) is 19.1 Å². The number of aliphatic imine (C=N–C) groups is 1. The van der Waals surface area contributed by atoms with Crippen molar-refractivity contribution in [1.29, 1.82) is 0 Å². The summed E-state index contributed by atoms with van der Waals surface area (Å²) in [5, 5.41) is 0.399. The summed E-state index contributed by atoms with van der Waals surface area (Å²) in [5.41, 5.74) is 0.0748. The van der Waals surface area contributed by atoms with Gasteiger partial charge in [-0.25, -0.2) is 17.2 Å². The molecule has 0 N–H and O–H groups in total. The van der Waals surface area contributed by atoms with Crippen LogP contribution in [-0.2, 0) is 14.6 Å². The smallest absolute Gasteiger partial charge is 0.164 e. The molecule has 0 bridgehead atoms. The summed E-state index contributed by atoms with van der Waals surface area (Å²) in [6.45, 7) is 1.43. The van der Waals surface area contributed by atoms with Crippen molar-refractivity contribution in [1.82, 2.24) is 0 Å². The number of anilines is 1. The number of carbonyl (C=O) groups is 1. The third kappa shape index (κ3) is 3.25. The van der Waals surface area contributed by atoms with Gasteiger partial charge in [-0.3, -0.25) is 9.79 Å².